The minimum atomic E-state index is -0.183. The summed E-state index contributed by atoms with van der Waals surface area (Å²) in [7, 11) is 0. The monoisotopic (exact) mass is 569 g/mol. The van der Waals surface area contributed by atoms with E-state index in [0.717, 1.165) is 32.5 Å². The molecule has 0 saturated carbocycles. The summed E-state index contributed by atoms with van der Waals surface area (Å²) in [5.74, 6) is 0. The molecule has 0 unspecified atom stereocenters. The Kier molecular flexibility index (Phi) is 5.18. The lowest BCUT2D eigenvalue weighted by molar-refractivity contribution is 1.18. The molecule has 202 valence electrons. The molecule has 9 rings (SSSR count). The van der Waals surface area contributed by atoms with E-state index in [1.165, 1.54) is 32.9 Å². The van der Waals surface area contributed by atoms with Crippen molar-refractivity contribution in [1.29, 1.82) is 0 Å². The van der Waals surface area contributed by atoms with Crippen LogP contribution in [0.5, 0.6) is 0 Å². The summed E-state index contributed by atoms with van der Waals surface area (Å²) in [6.07, 6.45) is 0. The SMILES string of the molecule is O=c1nc2sc3cc(-c4ccc5c6ccccc6n(-c6cccc(-c7ccccc7)c6)c5c4)ccc3n2c2ccccc12. The molecule has 0 spiro atoms. The van der Waals surface area contributed by atoms with Gasteiger partial charge in [-0.2, -0.15) is 4.98 Å². The van der Waals surface area contributed by atoms with Gasteiger partial charge in [-0.1, -0.05) is 102 Å². The zero-order chi connectivity index (χ0) is 28.5. The number of fused-ring (bicyclic) bond motifs is 8. The quantitative estimate of drug-likeness (QED) is 0.213. The number of rotatable bonds is 3. The molecule has 0 bridgehead atoms. The van der Waals surface area contributed by atoms with Crippen LogP contribution in [0.1, 0.15) is 0 Å². The lowest BCUT2D eigenvalue weighted by atomic mass is 10.0. The minimum absolute atomic E-state index is 0.183. The summed E-state index contributed by atoms with van der Waals surface area (Å²) in [5.41, 5.74) is 9.90. The zero-order valence-corrected chi connectivity index (χ0v) is 23.8. The van der Waals surface area contributed by atoms with E-state index in [0.29, 0.717) is 10.3 Å². The molecule has 9 aromatic rings. The summed E-state index contributed by atoms with van der Waals surface area (Å²) >= 11 is 1.55. The summed E-state index contributed by atoms with van der Waals surface area (Å²) in [6.45, 7) is 0. The van der Waals surface area contributed by atoms with Crippen LogP contribution in [0.4, 0.5) is 0 Å². The first kappa shape index (κ1) is 24.1. The van der Waals surface area contributed by atoms with E-state index in [9.17, 15) is 4.79 Å². The first-order chi connectivity index (χ1) is 21.2. The Morgan fingerprint density at radius 3 is 2.05 bits per heavy atom. The van der Waals surface area contributed by atoms with Crippen LogP contribution in [0, 0.1) is 0 Å². The second-order valence-corrected chi connectivity index (χ2v) is 11.8. The molecular formula is C38H23N3OS. The third-order valence-electron chi connectivity index (χ3n) is 8.38. The van der Waals surface area contributed by atoms with E-state index >= 15 is 0 Å². The molecule has 5 heteroatoms. The highest BCUT2D eigenvalue weighted by molar-refractivity contribution is 7.23. The van der Waals surface area contributed by atoms with Gasteiger partial charge < -0.3 is 4.57 Å². The van der Waals surface area contributed by atoms with Crippen molar-refractivity contribution in [1.82, 2.24) is 14.0 Å². The highest BCUT2D eigenvalue weighted by Crippen LogP contribution is 2.37. The summed E-state index contributed by atoms with van der Waals surface area (Å²) < 4.78 is 5.57. The van der Waals surface area contributed by atoms with Crippen molar-refractivity contribution >= 4 is 59.2 Å². The summed E-state index contributed by atoms with van der Waals surface area (Å²) in [6, 6.07) is 48.9. The average molecular weight is 570 g/mol. The Hall–Kier alpha value is -5.52. The fraction of sp³-hybridized carbons (Fsp3) is 0. The second kappa shape index (κ2) is 9.24. The topological polar surface area (TPSA) is 39.3 Å². The number of hydrogen-bond donors (Lipinski definition) is 0. The van der Waals surface area contributed by atoms with E-state index in [-0.39, 0.29) is 5.56 Å². The molecule has 0 radical (unpaired) electrons. The first-order valence-corrected chi connectivity index (χ1v) is 15.1. The van der Waals surface area contributed by atoms with Crippen LogP contribution in [-0.2, 0) is 0 Å². The van der Waals surface area contributed by atoms with Crippen LogP contribution in [0.3, 0.4) is 0 Å². The lowest BCUT2D eigenvalue weighted by Crippen LogP contribution is -2.08. The number of para-hydroxylation sites is 2. The predicted octanol–water partition coefficient (Wildman–Crippen LogP) is 9.49. The summed E-state index contributed by atoms with van der Waals surface area (Å²) in [4.78, 5) is 17.8. The lowest BCUT2D eigenvalue weighted by Gasteiger charge is -2.11. The maximum absolute atomic E-state index is 12.7. The third kappa shape index (κ3) is 3.69. The average Bonchev–Trinajstić information content (AvgIpc) is 3.60. The van der Waals surface area contributed by atoms with Crippen molar-refractivity contribution in [2.45, 2.75) is 0 Å². The molecule has 0 aliphatic heterocycles. The molecule has 4 nitrogen and oxygen atoms in total. The zero-order valence-electron chi connectivity index (χ0n) is 22.9. The number of aromatic nitrogens is 3. The van der Waals surface area contributed by atoms with E-state index in [1.807, 2.05) is 24.3 Å². The Morgan fingerprint density at radius 1 is 0.488 bits per heavy atom. The molecule has 0 fully saturated rings. The Bertz CT molecular complexity index is 2590. The molecule has 0 saturated heterocycles. The molecule has 0 amide bonds. The Labute approximate surface area is 250 Å². The normalized spacial score (nSPS) is 11.8. The minimum Gasteiger partial charge on any atom is -0.309 e. The Morgan fingerprint density at radius 2 is 1.16 bits per heavy atom. The van der Waals surface area contributed by atoms with Crippen molar-refractivity contribution in [3.8, 4) is 27.9 Å². The van der Waals surface area contributed by atoms with Gasteiger partial charge in [-0.05, 0) is 70.8 Å². The molecule has 3 aromatic heterocycles. The number of nitrogens with zero attached hydrogens (tertiary/aromatic N) is 3. The van der Waals surface area contributed by atoms with Crippen molar-refractivity contribution in [3.05, 3.63) is 150 Å². The molecule has 0 aliphatic carbocycles. The van der Waals surface area contributed by atoms with Crippen LogP contribution in [0.2, 0.25) is 0 Å². The van der Waals surface area contributed by atoms with Crippen LogP contribution in [-0.4, -0.2) is 14.0 Å². The third-order valence-corrected chi connectivity index (χ3v) is 9.39. The van der Waals surface area contributed by atoms with Gasteiger partial charge in [0.1, 0.15) is 0 Å². The standard InChI is InChI=1S/C38H23N3OS/c42-37-31-14-5-7-16-33(31)41-34-20-18-27(23-36(34)43-38(41)39-37)26-17-19-30-29-13-4-6-15-32(29)40(35(30)22-26)28-12-8-11-25(21-28)24-9-2-1-3-10-24/h1-23H. The van der Waals surface area contributed by atoms with Gasteiger partial charge in [-0.3, -0.25) is 9.20 Å². The van der Waals surface area contributed by atoms with Gasteiger partial charge in [-0.25, -0.2) is 0 Å². The fourth-order valence-corrected chi connectivity index (χ4v) is 7.46. The van der Waals surface area contributed by atoms with Crippen molar-refractivity contribution < 1.29 is 0 Å². The number of hydrogen-bond acceptors (Lipinski definition) is 3. The van der Waals surface area contributed by atoms with E-state index < -0.39 is 0 Å². The fourth-order valence-electron chi connectivity index (χ4n) is 6.39. The first-order valence-electron chi connectivity index (χ1n) is 14.3. The molecule has 0 N–H and O–H groups in total. The molecular weight excluding hydrogens is 547 g/mol. The highest BCUT2D eigenvalue weighted by atomic mass is 32.1. The molecule has 3 heterocycles. The molecule has 0 atom stereocenters. The van der Waals surface area contributed by atoms with E-state index in [1.54, 1.807) is 11.3 Å². The van der Waals surface area contributed by atoms with Gasteiger partial charge >= 0.3 is 0 Å². The van der Waals surface area contributed by atoms with Crippen molar-refractivity contribution in [3.63, 3.8) is 0 Å². The molecule has 43 heavy (non-hydrogen) atoms. The van der Waals surface area contributed by atoms with Crippen LogP contribution < -0.4 is 5.56 Å². The summed E-state index contributed by atoms with van der Waals surface area (Å²) in [5, 5.41) is 3.09. The van der Waals surface area contributed by atoms with Crippen molar-refractivity contribution in [2.24, 2.45) is 0 Å². The Balaban J connectivity index is 1.25. The smallest absolute Gasteiger partial charge is 0.281 e. The maximum Gasteiger partial charge on any atom is 0.281 e. The second-order valence-electron chi connectivity index (χ2n) is 10.8. The van der Waals surface area contributed by atoms with Crippen LogP contribution in [0.25, 0.3) is 75.8 Å². The maximum atomic E-state index is 12.7. The van der Waals surface area contributed by atoms with E-state index in [4.69, 9.17) is 0 Å². The molecule has 6 aromatic carbocycles. The van der Waals surface area contributed by atoms with Crippen molar-refractivity contribution in [2.75, 3.05) is 0 Å². The largest absolute Gasteiger partial charge is 0.309 e. The van der Waals surface area contributed by atoms with Gasteiger partial charge in [0.2, 0.25) is 0 Å². The van der Waals surface area contributed by atoms with E-state index in [2.05, 4.69) is 129 Å². The number of thiazole rings is 1. The van der Waals surface area contributed by atoms with Gasteiger partial charge in [0.25, 0.3) is 5.56 Å². The van der Waals surface area contributed by atoms with Gasteiger partial charge in [-0.15, -0.1) is 0 Å². The van der Waals surface area contributed by atoms with Gasteiger partial charge in [0.05, 0.1) is 32.2 Å². The number of benzene rings is 6. The molecule has 0 aliphatic rings. The van der Waals surface area contributed by atoms with Gasteiger partial charge in [0.15, 0.2) is 4.96 Å². The van der Waals surface area contributed by atoms with Gasteiger partial charge in [0, 0.05) is 16.5 Å². The predicted molar refractivity (Wildman–Crippen MR) is 180 cm³/mol. The van der Waals surface area contributed by atoms with Crippen LogP contribution in [0.15, 0.2) is 144 Å². The highest BCUT2D eigenvalue weighted by Gasteiger charge is 2.16. The van der Waals surface area contributed by atoms with Crippen LogP contribution >= 0.6 is 11.3 Å².